The molecule has 5 rings (SSSR count). The first-order valence-corrected chi connectivity index (χ1v) is 10.2. The minimum absolute atomic E-state index is 0.00479. The Morgan fingerprint density at radius 1 is 1.38 bits per heavy atom. The van der Waals surface area contributed by atoms with Crippen molar-refractivity contribution in [1.82, 2.24) is 34.3 Å². The molecular weight excluding hydrogens is 414 g/mol. The summed E-state index contributed by atoms with van der Waals surface area (Å²) in [7, 11) is 1.47. The first-order valence-electron chi connectivity index (χ1n) is 10.2. The molecule has 0 aromatic carbocycles. The predicted octanol–water partition coefficient (Wildman–Crippen LogP) is 0.434. The molecule has 0 atom stereocenters. The van der Waals surface area contributed by atoms with Crippen LogP contribution in [0.3, 0.4) is 0 Å². The lowest BCUT2D eigenvalue weighted by atomic mass is 9.86. The summed E-state index contributed by atoms with van der Waals surface area (Å²) in [6.45, 7) is 0.759. The summed E-state index contributed by atoms with van der Waals surface area (Å²) < 4.78 is 8.18. The number of rotatable bonds is 7. The Morgan fingerprint density at radius 2 is 2.19 bits per heavy atom. The van der Waals surface area contributed by atoms with Crippen LogP contribution in [0.2, 0.25) is 0 Å². The smallest absolute Gasteiger partial charge is 0.249 e. The number of aromatic nitrogens is 6. The minimum atomic E-state index is -0.601. The zero-order chi connectivity index (χ0) is 22.3. The third-order valence-corrected chi connectivity index (χ3v) is 5.76. The van der Waals surface area contributed by atoms with Crippen LogP contribution in [0.5, 0.6) is 0 Å². The standard InChI is InChI=1S/C20H21N9O3/c1-32-10-16(30)27-11-20(12-27,5-6-21)28-9-14(8-23-28)17-22-7-4-15-24-19(26-29(15)17)25-18(31)13-2-3-13/h4,7-9,13H,2-3,5,10-12H2,1H3,(H,25,26,31). The van der Waals surface area contributed by atoms with E-state index in [0.717, 1.165) is 12.8 Å². The lowest BCUT2D eigenvalue weighted by Crippen LogP contribution is -2.64. The van der Waals surface area contributed by atoms with Gasteiger partial charge in [-0.25, -0.2) is 4.98 Å². The van der Waals surface area contributed by atoms with Gasteiger partial charge in [-0.05, 0) is 12.8 Å². The molecule has 3 aromatic heterocycles. The molecule has 0 radical (unpaired) electrons. The molecule has 2 amide bonds. The highest BCUT2D eigenvalue weighted by molar-refractivity contribution is 5.92. The molecule has 32 heavy (non-hydrogen) atoms. The van der Waals surface area contributed by atoms with E-state index in [4.69, 9.17) is 4.74 Å². The highest BCUT2D eigenvalue weighted by atomic mass is 16.5. The Morgan fingerprint density at radius 3 is 2.91 bits per heavy atom. The van der Waals surface area contributed by atoms with Crippen LogP contribution in [0.1, 0.15) is 19.3 Å². The van der Waals surface area contributed by atoms with Crippen LogP contribution in [0, 0.1) is 17.2 Å². The normalized spacial score (nSPS) is 17.1. The summed E-state index contributed by atoms with van der Waals surface area (Å²) in [5.74, 6) is 0.594. The van der Waals surface area contributed by atoms with Gasteiger partial charge in [0.25, 0.3) is 0 Å². The Hall–Kier alpha value is -3.85. The van der Waals surface area contributed by atoms with Gasteiger partial charge < -0.3 is 9.64 Å². The van der Waals surface area contributed by atoms with Crippen molar-refractivity contribution in [2.75, 3.05) is 32.1 Å². The molecule has 2 fully saturated rings. The number of nitrogens with one attached hydrogen (secondary N) is 1. The van der Waals surface area contributed by atoms with Gasteiger partial charge >= 0.3 is 0 Å². The van der Waals surface area contributed by atoms with Gasteiger partial charge in [-0.1, -0.05) is 0 Å². The second kappa shape index (κ2) is 7.69. The molecule has 3 aromatic rings. The molecule has 1 N–H and O–H groups in total. The number of likely N-dealkylation sites (tertiary alicyclic amines) is 1. The van der Waals surface area contributed by atoms with Crippen molar-refractivity contribution >= 4 is 23.4 Å². The average molecular weight is 435 g/mol. The van der Waals surface area contributed by atoms with Crippen LogP contribution in [0.15, 0.2) is 24.7 Å². The Bertz CT molecular complexity index is 1230. The molecule has 4 heterocycles. The summed E-state index contributed by atoms with van der Waals surface area (Å²) in [5, 5.41) is 21.0. The maximum atomic E-state index is 12.1. The number of fused-ring (bicyclic) bond motifs is 1. The van der Waals surface area contributed by atoms with Crippen molar-refractivity contribution in [2.24, 2.45) is 5.92 Å². The Kier molecular flexibility index (Phi) is 4.82. The first-order chi connectivity index (χ1) is 15.5. The number of amides is 2. The Labute approximate surface area is 182 Å². The predicted molar refractivity (Wildman–Crippen MR) is 110 cm³/mol. The molecule has 1 saturated carbocycles. The summed E-state index contributed by atoms with van der Waals surface area (Å²) in [6, 6.07) is 3.91. The number of hydrogen-bond acceptors (Lipinski definition) is 8. The molecule has 164 valence electrons. The second-order valence-electron chi connectivity index (χ2n) is 8.15. The number of carbonyl (C=O) groups excluding carboxylic acids is 2. The van der Waals surface area contributed by atoms with E-state index < -0.39 is 5.54 Å². The third kappa shape index (κ3) is 3.46. The third-order valence-electron chi connectivity index (χ3n) is 5.76. The highest BCUT2D eigenvalue weighted by Gasteiger charge is 2.47. The van der Waals surface area contributed by atoms with Crippen molar-refractivity contribution in [3.8, 4) is 17.5 Å². The van der Waals surface area contributed by atoms with Crippen LogP contribution in [0.4, 0.5) is 5.95 Å². The van der Waals surface area contributed by atoms with Gasteiger partial charge in [0.1, 0.15) is 12.1 Å². The number of nitriles is 1. The van der Waals surface area contributed by atoms with Gasteiger partial charge in [0.05, 0.1) is 24.3 Å². The van der Waals surface area contributed by atoms with Crippen LogP contribution < -0.4 is 5.32 Å². The number of ether oxygens (including phenoxy) is 1. The zero-order valence-electron chi connectivity index (χ0n) is 17.4. The quantitative estimate of drug-likeness (QED) is 0.563. The molecule has 2 aliphatic rings. The SMILES string of the molecule is COCC(=O)N1CC(CC#N)(n2cc(-c3nccc4nc(NC(=O)C5CC5)nn34)cn2)C1. The number of nitrogens with zero attached hydrogens (tertiary/aromatic N) is 8. The summed E-state index contributed by atoms with van der Waals surface area (Å²) in [6.07, 6.45) is 7.05. The van der Waals surface area contributed by atoms with E-state index in [-0.39, 0.29) is 36.7 Å². The van der Waals surface area contributed by atoms with Gasteiger partial charge in [0.2, 0.25) is 17.8 Å². The van der Waals surface area contributed by atoms with E-state index in [2.05, 4.69) is 31.6 Å². The molecule has 1 aliphatic heterocycles. The van der Waals surface area contributed by atoms with Crippen molar-refractivity contribution in [1.29, 1.82) is 5.26 Å². The zero-order valence-corrected chi connectivity index (χ0v) is 17.4. The second-order valence-corrected chi connectivity index (χ2v) is 8.15. The lowest BCUT2D eigenvalue weighted by molar-refractivity contribution is -0.146. The lowest BCUT2D eigenvalue weighted by Gasteiger charge is -2.48. The average Bonchev–Trinajstić information content (AvgIpc) is 3.34. The van der Waals surface area contributed by atoms with Crippen molar-refractivity contribution in [3.63, 3.8) is 0 Å². The monoisotopic (exact) mass is 435 g/mol. The van der Waals surface area contributed by atoms with Crippen molar-refractivity contribution in [3.05, 3.63) is 24.7 Å². The van der Waals surface area contributed by atoms with Gasteiger partial charge in [-0.15, -0.1) is 5.10 Å². The van der Waals surface area contributed by atoms with Crippen LogP contribution >= 0.6 is 0 Å². The molecule has 1 aliphatic carbocycles. The van der Waals surface area contributed by atoms with E-state index in [1.807, 2.05) is 0 Å². The fraction of sp³-hybridized carbons (Fsp3) is 0.450. The van der Waals surface area contributed by atoms with Crippen LogP contribution in [-0.4, -0.2) is 72.9 Å². The molecule has 1 saturated heterocycles. The van der Waals surface area contributed by atoms with E-state index in [1.165, 1.54) is 7.11 Å². The van der Waals surface area contributed by atoms with E-state index >= 15 is 0 Å². The topological polar surface area (TPSA) is 143 Å². The molecule has 12 nitrogen and oxygen atoms in total. The molecule has 0 bridgehead atoms. The van der Waals surface area contributed by atoms with Gasteiger partial charge in [0, 0.05) is 44.6 Å². The van der Waals surface area contributed by atoms with Crippen LogP contribution in [0.25, 0.3) is 17.0 Å². The molecule has 12 heteroatoms. The maximum absolute atomic E-state index is 12.1. The summed E-state index contributed by atoms with van der Waals surface area (Å²) >= 11 is 0. The largest absolute Gasteiger partial charge is 0.375 e. The highest BCUT2D eigenvalue weighted by Crippen LogP contribution is 2.33. The summed E-state index contributed by atoms with van der Waals surface area (Å²) in [5.41, 5.74) is 0.621. The Balaban J connectivity index is 1.41. The molecule has 0 spiro atoms. The van der Waals surface area contributed by atoms with Crippen LogP contribution in [-0.2, 0) is 19.9 Å². The van der Waals surface area contributed by atoms with E-state index in [0.29, 0.717) is 30.1 Å². The number of methoxy groups -OCH3 is 1. The maximum Gasteiger partial charge on any atom is 0.249 e. The van der Waals surface area contributed by atoms with Gasteiger partial charge in [-0.2, -0.15) is 19.9 Å². The first kappa shape index (κ1) is 20.1. The van der Waals surface area contributed by atoms with E-state index in [9.17, 15) is 14.9 Å². The van der Waals surface area contributed by atoms with Crippen molar-refractivity contribution in [2.45, 2.75) is 24.8 Å². The fourth-order valence-corrected chi connectivity index (χ4v) is 3.86. The summed E-state index contributed by atoms with van der Waals surface area (Å²) in [4.78, 5) is 34.5. The molecular formula is C20H21N9O3. The van der Waals surface area contributed by atoms with E-state index in [1.54, 1.807) is 38.8 Å². The van der Waals surface area contributed by atoms with Crippen molar-refractivity contribution < 1.29 is 14.3 Å². The number of anilines is 1. The minimum Gasteiger partial charge on any atom is -0.375 e. The fourth-order valence-electron chi connectivity index (χ4n) is 3.86. The van der Waals surface area contributed by atoms with Gasteiger partial charge in [-0.3, -0.25) is 19.6 Å². The molecule has 0 unspecified atom stereocenters. The number of hydrogen-bond donors (Lipinski definition) is 1. The number of carbonyl (C=O) groups is 2. The van der Waals surface area contributed by atoms with Gasteiger partial charge in [0.15, 0.2) is 11.5 Å².